The van der Waals surface area contributed by atoms with E-state index in [9.17, 15) is 26.3 Å². The van der Waals surface area contributed by atoms with Gasteiger partial charge in [0.1, 0.15) is 0 Å². The van der Waals surface area contributed by atoms with Crippen molar-refractivity contribution in [1.82, 2.24) is 4.98 Å². The Hall–Kier alpha value is -2.56. The molecule has 2 aromatic rings. The first-order valence-electron chi connectivity index (χ1n) is 6.24. The number of aromatic nitrogens is 1. The van der Waals surface area contributed by atoms with Gasteiger partial charge < -0.3 is 0 Å². The second-order valence-electron chi connectivity index (χ2n) is 4.59. The highest BCUT2D eigenvalue weighted by atomic mass is 19.4. The Kier molecular flexibility index (Phi) is 4.32. The third kappa shape index (κ3) is 3.62. The summed E-state index contributed by atoms with van der Waals surface area (Å²) in [4.78, 5) is 3.80. The van der Waals surface area contributed by atoms with Gasteiger partial charge in [0.15, 0.2) is 0 Å². The van der Waals surface area contributed by atoms with Crippen LogP contribution in [0.15, 0.2) is 36.5 Å². The molecule has 0 saturated heterocycles. The number of alkyl halides is 6. The Labute approximate surface area is 127 Å². The van der Waals surface area contributed by atoms with Crippen molar-refractivity contribution in [3.05, 3.63) is 53.2 Å². The molecule has 1 aromatic carbocycles. The first-order chi connectivity index (χ1) is 10.6. The van der Waals surface area contributed by atoms with E-state index < -0.39 is 29.9 Å². The van der Waals surface area contributed by atoms with Gasteiger partial charge in [0.05, 0.1) is 29.3 Å². The van der Waals surface area contributed by atoms with Crippen molar-refractivity contribution in [2.24, 2.45) is 0 Å². The van der Waals surface area contributed by atoms with Gasteiger partial charge >= 0.3 is 12.4 Å². The number of halogens is 6. The van der Waals surface area contributed by atoms with Crippen LogP contribution in [-0.2, 0) is 18.8 Å². The van der Waals surface area contributed by atoms with Gasteiger partial charge in [0.25, 0.3) is 0 Å². The van der Waals surface area contributed by atoms with Crippen LogP contribution in [0, 0.1) is 11.3 Å². The van der Waals surface area contributed by atoms with E-state index in [-0.39, 0.29) is 16.8 Å². The van der Waals surface area contributed by atoms with E-state index in [1.165, 1.54) is 0 Å². The van der Waals surface area contributed by atoms with Crippen molar-refractivity contribution in [3.8, 4) is 17.3 Å². The summed E-state index contributed by atoms with van der Waals surface area (Å²) in [5.74, 6) is 0. The predicted octanol–water partition coefficient (Wildman–Crippen LogP) is 4.85. The second kappa shape index (κ2) is 5.91. The van der Waals surface area contributed by atoms with Gasteiger partial charge in [-0.3, -0.25) is 4.98 Å². The molecule has 0 radical (unpaired) electrons. The molecule has 1 heterocycles. The molecule has 8 heteroatoms. The van der Waals surface area contributed by atoms with Crippen LogP contribution in [0.1, 0.15) is 16.7 Å². The lowest BCUT2D eigenvalue weighted by Gasteiger charge is -2.15. The number of nitrogens with zero attached hydrogens (tertiary/aromatic N) is 2. The van der Waals surface area contributed by atoms with Crippen LogP contribution in [0.2, 0.25) is 0 Å². The van der Waals surface area contributed by atoms with Crippen molar-refractivity contribution in [2.75, 3.05) is 0 Å². The fourth-order valence-electron chi connectivity index (χ4n) is 2.08. The summed E-state index contributed by atoms with van der Waals surface area (Å²) in [6.07, 6.45) is -8.87. The number of benzene rings is 1. The fraction of sp³-hybridized carbons (Fsp3) is 0.200. The Balaban J connectivity index is 2.58. The van der Waals surface area contributed by atoms with E-state index in [1.54, 1.807) is 6.07 Å². The van der Waals surface area contributed by atoms with Crippen LogP contribution >= 0.6 is 0 Å². The van der Waals surface area contributed by atoms with Gasteiger partial charge in [0.2, 0.25) is 0 Å². The molecule has 0 fully saturated rings. The van der Waals surface area contributed by atoms with Gasteiger partial charge in [-0.2, -0.15) is 31.6 Å². The zero-order valence-corrected chi connectivity index (χ0v) is 11.3. The van der Waals surface area contributed by atoms with Gasteiger partial charge in [-0.15, -0.1) is 0 Å². The second-order valence-corrected chi connectivity index (χ2v) is 4.59. The normalized spacial score (nSPS) is 12.0. The summed E-state index contributed by atoms with van der Waals surface area (Å²) < 4.78 is 76.6. The summed E-state index contributed by atoms with van der Waals surface area (Å²) >= 11 is 0. The van der Waals surface area contributed by atoms with E-state index in [0.717, 1.165) is 36.5 Å². The summed E-state index contributed by atoms with van der Waals surface area (Å²) in [6.45, 7) is 0. The van der Waals surface area contributed by atoms with Crippen LogP contribution < -0.4 is 0 Å². The van der Waals surface area contributed by atoms with Crippen LogP contribution in [0.5, 0.6) is 0 Å². The first-order valence-corrected chi connectivity index (χ1v) is 6.24. The molecular weight excluding hydrogens is 322 g/mol. The summed E-state index contributed by atoms with van der Waals surface area (Å²) in [5, 5.41) is 8.74. The zero-order chi connectivity index (χ0) is 17.3. The quantitative estimate of drug-likeness (QED) is 0.738. The predicted molar refractivity (Wildman–Crippen MR) is 69.0 cm³/mol. The molecule has 2 rings (SSSR count). The summed E-state index contributed by atoms with van der Waals surface area (Å²) in [7, 11) is 0. The minimum Gasteiger partial charge on any atom is -0.256 e. The van der Waals surface area contributed by atoms with Crippen molar-refractivity contribution in [2.45, 2.75) is 18.8 Å². The lowest BCUT2D eigenvalue weighted by molar-refractivity contribution is -0.138. The van der Waals surface area contributed by atoms with Crippen molar-refractivity contribution >= 4 is 0 Å². The molecule has 0 saturated carbocycles. The largest absolute Gasteiger partial charge is 0.416 e. The van der Waals surface area contributed by atoms with E-state index >= 15 is 0 Å². The summed E-state index contributed by atoms with van der Waals surface area (Å²) in [6, 6.07) is 5.94. The molecule has 0 N–H and O–H groups in total. The van der Waals surface area contributed by atoms with E-state index in [0.29, 0.717) is 0 Å². The van der Waals surface area contributed by atoms with Crippen LogP contribution in [0.25, 0.3) is 11.3 Å². The standard InChI is InChI=1S/C15H8F6N2/c16-14(17,18)10-3-1-9(2-4-10)13-11(5-7-22)12(6-8-23-13)15(19,20)21/h1-4,6,8H,5H2. The SMILES string of the molecule is N#CCc1c(C(F)(F)F)ccnc1-c1ccc(C(F)(F)F)cc1. The van der Waals surface area contributed by atoms with Crippen molar-refractivity contribution < 1.29 is 26.3 Å². The molecule has 23 heavy (non-hydrogen) atoms. The van der Waals surface area contributed by atoms with Gasteiger partial charge in [-0.05, 0) is 18.2 Å². The van der Waals surface area contributed by atoms with Crippen LogP contribution in [0.3, 0.4) is 0 Å². The van der Waals surface area contributed by atoms with Gasteiger partial charge in [-0.1, -0.05) is 12.1 Å². The molecule has 120 valence electrons. The van der Waals surface area contributed by atoms with E-state index in [4.69, 9.17) is 5.26 Å². The molecule has 1 aromatic heterocycles. The van der Waals surface area contributed by atoms with Crippen molar-refractivity contribution in [1.29, 1.82) is 5.26 Å². The average Bonchev–Trinajstić information content (AvgIpc) is 2.46. The lowest BCUT2D eigenvalue weighted by atomic mass is 9.98. The molecule has 0 aliphatic rings. The molecule has 2 nitrogen and oxygen atoms in total. The number of hydrogen-bond acceptors (Lipinski definition) is 2. The zero-order valence-electron chi connectivity index (χ0n) is 11.3. The maximum absolute atomic E-state index is 13.0. The smallest absolute Gasteiger partial charge is 0.256 e. The Morgan fingerprint density at radius 1 is 0.913 bits per heavy atom. The lowest BCUT2D eigenvalue weighted by Crippen LogP contribution is -2.11. The Morgan fingerprint density at radius 3 is 2.00 bits per heavy atom. The van der Waals surface area contributed by atoms with Crippen LogP contribution in [-0.4, -0.2) is 4.98 Å². The van der Waals surface area contributed by atoms with Gasteiger partial charge in [0, 0.05) is 17.3 Å². The Bertz CT molecular complexity index is 739. The maximum atomic E-state index is 13.0. The monoisotopic (exact) mass is 330 g/mol. The molecule has 0 atom stereocenters. The van der Waals surface area contributed by atoms with Crippen LogP contribution in [0.4, 0.5) is 26.3 Å². The molecule has 0 unspecified atom stereocenters. The third-order valence-corrected chi connectivity index (χ3v) is 3.10. The molecule has 0 bridgehead atoms. The average molecular weight is 330 g/mol. The van der Waals surface area contributed by atoms with E-state index in [1.807, 2.05) is 0 Å². The highest BCUT2D eigenvalue weighted by Gasteiger charge is 2.35. The van der Waals surface area contributed by atoms with E-state index in [2.05, 4.69) is 4.98 Å². The number of pyridine rings is 1. The van der Waals surface area contributed by atoms with Gasteiger partial charge in [-0.25, -0.2) is 0 Å². The minimum absolute atomic E-state index is 0.0781. The Morgan fingerprint density at radius 2 is 1.52 bits per heavy atom. The summed E-state index contributed by atoms with van der Waals surface area (Å²) in [5.41, 5.74) is -2.38. The molecule has 0 aliphatic carbocycles. The highest BCUT2D eigenvalue weighted by molar-refractivity contribution is 5.65. The highest BCUT2D eigenvalue weighted by Crippen LogP contribution is 2.36. The molecule has 0 amide bonds. The minimum atomic E-state index is -4.68. The molecule has 0 aliphatic heterocycles. The third-order valence-electron chi connectivity index (χ3n) is 3.10. The maximum Gasteiger partial charge on any atom is 0.416 e. The van der Waals surface area contributed by atoms with Crippen molar-refractivity contribution in [3.63, 3.8) is 0 Å². The topological polar surface area (TPSA) is 36.7 Å². The fourth-order valence-corrected chi connectivity index (χ4v) is 2.08. The molecule has 0 spiro atoms. The number of hydrogen-bond donors (Lipinski definition) is 0. The number of nitriles is 1. The number of rotatable bonds is 2. The first kappa shape index (κ1) is 16.8. The molecular formula is C15H8F6N2.